The second-order valence-electron chi connectivity index (χ2n) is 11.3. The predicted molar refractivity (Wildman–Crippen MR) is 179 cm³/mol. The molecule has 0 aliphatic carbocycles. The Morgan fingerprint density at radius 3 is 2.39 bits per heavy atom. The van der Waals surface area contributed by atoms with Crippen molar-refractivity contribution in [3.63, 3.8) is 0 Å². The average molecular weight is 630 g/mol. The molecular weight excluding hydrogens is 590 g/mol. The fourth-order valence-electron chi connectivity index (χ4n) is 5.58. The smallest absolute Gasteiger partial charge is 0.254 e. The highest BCUT2D eigenvalue weighted by atomic mass is 35.5. The number of halogens is 1. The Bertz CT molecular complexity index is 1540. The summed E-state index contributed by atoms with van der Waals surface area (Å²) < 4.78 is 2.02. The maximum atomic E-state index is 13.2. The monoisotopic (exact) mass is 629 g/mol. The molecule has 0 radical (unpaired) electrons. The average Bonchev–Trinajstić information content (AvgIpc) is 3.47. The number of piperazine rings is 1. The summed E-state index contributed by atoms with van der Waals surface area (Å²) in [5.41, 5.74) is 3.76. The van der Waals surface area contributed by atoms with Crippen LogP contribution in [0.2, 0.25) is 5.02 Å². The summed E-state index contributed by atoms with van der Waals surface area (Å²) in [4.78, 5) is 30.2. The lowest BCUT2D eigenvalue weighted by molar-refractivity contribution is -0.133. The van der Waals surface area contributed by atoms with Crippen molar-refractivity contribution in [1.82, 2.24) is 24.6 Å². The predicted octanol–water partition coefficient (Wildman–Crippen LogP) is 7.57. The number of carbonyl (C=O) groups is 2. The first-order valence-electron chi connectivity index (χ1n) is 15.5. The zero-order chi connectivity index (χ0) is 30.9. The van der Waals surface area contributed by atoms with E-state index < -0.39 is 0 Å². The summed E-state index contributed by atoms with van der Waals surface area (Å²) >= 11 is 8.09. The van der Waals surface area contributed by atoms with Crippen LogP contribution in [0.3, 0.4) is 0 Å². The van der Waals surface area contributed by atoms with Crippen molar-refractivity contribution < 1.29 is 9.59 Å². The third-order valence-electron chi connectivity index (χ3n) is 8.04. The number of thioether (sulfide) groups is 1. The Balaban J connectivity index is 1.13. The van der Waals surface area contributed by atoms with Gasteiger partial charge in [0.15, 0.2) is 11.0 Å². The summed E-state index contributed by atoms with van der Waals surface area (Å²) in [7, 11) is 0. The van der Waals surface area contributed by atoms with E-state index in [9.17, 15) is 9.59 Å². The molecule has 1 unspecified atom stereocenters. The van der Waals surface area contributed by atoms with Gasteiger partial charge in [0.2, 0.25) is 5.91 Å². The number of rotatable bonds is 12. The van der Waals surface area contributed by atoms with E-state index in [4.69, 9.17) is 11.6 Å². The van der Waals surface area contributed by atoms with Crippen molar-refractivity contribution >= 4 is 35.2 Å². The standard InChI is InChI=1S/C35H40ClN5O2S/c1-3-4-6-12-27-18-20-28(21-19-27)34(43)40-23-22-39(25-26(40)2)32(42)17-11-24-44-35-38-37-33(30-15-9-10-16-31(30)36)41(35)29-13-7-5-8-14-29/h5,7-10,13-16,18-21,26H,3-4,6,11-12,17,22-25H2,1-2H3. The molecule has 1 atom stereocenters. The van der Waals surface area contributed by atoms with E-state index in [1.165, 1.54) is 24.8 Å². The Morgan fingerprint density at radius 1 is 0.909 bits per heavy atom. The number of aromatic nitrogens is 3. The molecule has 2 amide bonds. The second kappa shape index (κ2) is 15.4. The van der Waals surface area contributed by atoms with E-state index >= 15 is 0 Å². The van der Waals surface area contributed by atoms with Gasteiger partial charge in [-0.15, -0.1) is 10.2 Å². The first-order chi connectivity index (χ1) is 21.5. The van der Waals surface area contributed by atoms with Crippen LogP contribution in [0.1, 0.15) is 61.9 Å². The zero-order valence-corrected chi connectivity index (χ0v) is 27.1. The molecule has 1 aliphatic heterocycles. The minimum atomic E-state index is -0.0357. The van der Waals surface area contributed by atoms with E-state index in [1.54, 1.807) is 11.8 Å². The number of amides is 2. The van der Waals surface area contributed by atoms with Gasteiger partial charge < -0.3 is 9.80 Å². The number of benzene rings is 3. The third kappa shape index (κ3) is 7.71. The van der Waals surface area contributed by atoms with Crippen LogP contribution in [0.5, 0.6) is 0 Å². The normalized spacial score (nSPS) is 15.0. The maximum absolute atomic E-state index is 13.2. The topological polar surface area (TPSA) is 71.3 Å². The van der Waals surface area contributed by atoms with Gasteiger partial charge in [0.25, 0.3) is 5.91 Å². The molecule has 1 aliphatic rings. The molecule has 3 aromatic carbocycles. The Hall–Kier alpha value is -3.62. The molecule has 230 valence electrons. The molecule has 7 nitrogen and oxygen atoms in total. The van der Waals surface area contributed by atoms with Crippen LogP contribution in [0, 0.1) is 0 Å². The van der Waals surface area contributed by atoms with E-state index in [2.05, 4.69) is 29.3 Å². The lowest BCUT2D eigenvalue weighted by atomic mass is 10.0. The van der Waals surface area contributed by atoms with Crippen molar-refractivity contribution in [3.05, 3.63) is 95.0 Å². The van der Waals surface area contributed by atoms with Gasteiger partial charge in [-0.2, -0.15) is 0 Å². The molecule has 9 heteroatoms. The Kier molecular flexibility index (Phi) is 11.1. The number of para-hydroxylation sites is 1. The SMILES string of the molecule is CCCCCc1ccc(C(=O)N2CCN(C(=O)CCCSc3nnc(-c4ccccc4Cl)n3-c3ccccc3)CC2C)cc1. The number of hydrogen-bond donors (Lipinski definition) is 0. The largest absolute Gasteiger partial charge is 0.339 e. The van der Waals surface area contributed by atoms with Crippen LogP contribution in [0.15, 0.2) is 84.0 Å². The third-order valence-corrected chi connectivity index (χ3v) is 9.38. The van der Waals surface area contributed by atoms with E-state index in [0.717, 1.165) is 28.6 Å². The van der Waals surface area contributed by atoms with Gasteiger partial charge in [0.05, 0.1) is 5.02 Å². The van der Waals surface area contributed by atoms with Crippen LogP contribution >= 0.6 is 23.4 Å². The number of unbranched alkanes of at least 4 members (excludes halogenated alkanes) is 2. The van der Waals surface area contributed by atoms with Crippen molar-refractivity contribution in [2.24, 2.45) is 0 Å². The maximum Gasteiger partial charge on any atom is 0.254 e. The zero-order valence-electron chi connectivity index (χ0n) is 25.5. The van der Waals surface area contributed by atoms with Crippen LogP contribution < -0.4 is 0 Å². The summed E-state index contributed by atoms with van der Waals surface area (Å²) in [6, 6.07) is 25.6. The van der Waals surface area contributed by atoms with E-state index in [-0.39, 0.29) is 17.9 Å². The molecule has 0 spiro atoms. The molecule has 1 fully saturated rings. The first-order valence-corrected chi connectivity index (χ1v) is 16.9. The molecule has 0 saturated carbocycles. The summed E-state index contributed by atoms with van der Waals surface area (Å²) in [5.74, 6) is 1.58. The van der Waals surface area contributed by atoms with Crippen LogP contribution in [-0.4, -0.2) is 67.8 Å². The van der Waals surface area contributed by atoms with Crippen LogP contribution in [0.25, 0.3) is 17.1 Å². The van der Waals surface area contributed by atoms with E-state index in [0.29, 0.717) is 48.9 Å². The van der Waals surface area contributed by atoms with Gasteiger partial charge in [-0.05, 0) is 68.1 Å². The minimum Gasteiger partial charge on any atom is -0.339 e. The number of aryl methyl sites for hydroxylation is 1. The number of carbonyl (C=O) groups excluding carboxylic acids is 2. The molecular formula is C35H40ClN5O2S. The fraction of sp³-hybridized carbons (Fsp3) is 0.371. The van der Waals surface area contributed by atoms with Gasteiger partial charge >= 0.3 is 0 Å². The molecule has 1 aromatic heterocycles. The van der Waals surface area contributed by atoms with Gasteiger partial charge in [0.1, 0.15) is 0 Å². The van der Waals surface area contributed by atoms with E-state index in [1.807, 2.05) is 88.0 Å². The summed E-state index contributed by atoms with van der Waals surface area (Å²) in [6.07, 6.45) is 5.81. The highest BCUT2D eigenvalue weighted by Crippen LogP contribution is 2.32. The molecule has 0 bridgehead atoms. The second-order valence-corrected chi connectivity index (χ2v) is 12.7. The number of nitrogens with zero attached hydrogens (tertiary/aromatic N) is 5. The highest BCUT2D eigenvalue weighted by Gasteiger charge is 2.30. The Morgan fingerprint density at radius 2 is 1.66 bits per heavy atom. The van der Waals surface area contributed by atoms with Crippen molar-refractivity contribution in [2.45, 2.75) is 63.6 Å². The summed E-state index contributed by atoms with van der Waals surface area (Å²) in [6.45, 7) is 5.89. The van der Waals surface area contributed by atoms with Gasteiger partial charge in [0, 0.05) is 54.7 Å². The molecule has 2 heterocycles. The van der Waals surface area contributed by atoms with Gasteiger partial charge in [-0.1, -0.05) is 85.6 Å². The fourth-order valence-corrected chi connectivity index (χ4v) is 6.69. The summed E-state index contributed by atoms with van der Waals surface area (Å²) in [5, 5.41) is 10.3. The first kappa shape index (κ1) is 31.8. The molecule has 1 saturated heterocycles. The van der Waals surface area contributed by atoms with Crippen LogP contribution in [0.4, 0.5) is 0 Å². The van der Waals surface area contributed by atoms with Crippen molar-refractivity contribution in [1.29, 1.82) is 0 Å². The quantitative estimate of drug-likeness (QED) is 0.119. The molecule has 5 rings (SSSR count). The van der Waals surface area contributed by atoms with Gasteiger partial charge in [-0.3, -0.25) is 14.2 Å². The lowest BCUT2D eigenvalue weighted by Gasteiger charge is -2.40. The molecule has 44 heavy (non-hydrogen) atoms. The highest BCUT2D eigenvalue weighted by molar-refractivity contribution is 7.99. The molecule has 4 aromatic rings. The van der Waals surface area contributed by atoms with Crippen LogP contribution in [-0.2, 0) is 11.2 Å². The lowest BCUT2D eigenvalue weighted by Crippen LogP contribution is -2.55. The van der Waals surface area contributed by atoms with Crippen molar-refractivity contribution in [3.8, 4) is 17.1 Å². The Labute approximate surface area is 269 Å². The number of hydrogen-bond acceptors (Lipinski definition) is 5. The minimum absolute atomic E-state index is 0.0357. The van der Waals surface area contributed by atoms with Crippen molar-refractivity contribution in [2.75, 3.05) is 25.4 Å². The van der Waals surface area contributed by atoms with Gasteiger partial charge in [-0.25, -0.2) is 0 Å². The molecule has 0 N–H and O–H groups in total.